The van der Waals surface area contributed by atoms with Crippen molar-refractivity contribution in [2.45, 2.75) is 13.0 Å². The summed E-state index contributed by atoms with van der Waals surface area (Å²) < 4.78 is 13.0. The van der Waals surface area contributed by atoms with E-state index in [4.69, 9.17) is 5.73 Å². The number of hydrogen-bond donors (Lipinski definition) is 2. The number of rotatable bonds is 2. The van der Waals surface area contributed by atoms with Crippen molar-refractivity contribution in [3.63, 3.8) is 0 Å². The predicted molar refractivity (Wildman–Crippen MR) is 55.9 cm³/mol. The van der Waals surface area contributed by atoms with Gasteiger partial charge in [0.25, 0.3) is 0 Å². The lowest BCUT2D eigenvalue weighted by atomic mass is 10.3. The minimum atomic E-state index is -0.639. The van der Waals surface area contributed by atoms with Crippen LogP contribution in [0, 0.1) is 5.82 Å². The standard InChI is InChI=1S/C9H11FN2O.ClH/c1-6(11)9(13)12-8-5-3-2-4-7(8)10;/h2-6H,11H2,1H3,(H,12,13);1H. The summed E-state index contributed by atoms with van der Waals surface area (Å²) in [6, 6.07) is 5.31. The molecule has 3 N–H and O–H groups in total. The molecule has 0 saturated heterocycles. The number of anilines is 1. The summed E-state index contributed by atoms with van der Waals surface area (Å²) in [5.41, 5.74) is 5.46. The third-order valence-corrected chi connectivity index (χ3v) is 1.55. The normalized spacial score (nSPS) is 11.4. The van der Waals surface area contributed by atoms with Crippen molar-refractivity contribution in [1.82, 2.24) is 0 Å². The highest BCUT2D eigenvalue weighted by Crippen LogP contribution is 2.12. The third-order valence-electron chi connectivity index (χ3n) is 1.55. The average Bonchev–Trinajstić information content (AvgIpc) is 2.08. The first-order chi connectivity index (χ1) is 6.11. The molecule has 1 amide bonds. The summed E-state index contributed by atoms with van der Waals surface area (Å²) in [6.07, 6.45) is 0. The summed E-state index contributed by atoms with van der Waals surface area (Å²) >= 11 is 0. The topological polar surface area (TPSA) is 55.1 Å². The van der Waals surface area contributed by atoms with E-state index in [1.165, 1.54) is 19.1 Å². The fourth-order valence-electron chi connectivity index (χ4n) is 0.809. The van der Waals surface area contributed by atoms with Gasteiger partial charge >= 0.3 is 0 Å². The van der Waals surface area contributed by atoms with Gasteiger partial charge in [-0.05, 0) is 19.1 Å². The maximum atomic E-state index is 13.0. The zero-order valence-electron chi connectivity index (χ0n) is 7.66. The second-order valence-electron chi connectivity index (χ2n) is 2.76. The molecule has 0 aliphatic heterocycles. The van der Waals surface area contributed by atoms with Gasteiger partial charge in [-0.1, -0.05) is 12.1 Å². The fourth-order valence-corrected chi connectivity index (χ4v) is 0.809. The van der Waals surface area contributed by atoms with Gasteiger partial charge in [-0.25, -0.2) is 4.39 Å². The van der Waals surface area contributed by atoms with Gasteiger partial charge < -0.3 is 11.1 Å². The van der Waals surface area contributed by atoms with Crippen LogP contribution in [0.15, 0.2) is 24.3 Å². The number of para-hydroxylation sites is 1. The van der Waals surface area contributed by atoms with Crippen LogP contribution in [0.4, 0.5) is 10.1 Å². The van der Waals surface area contributed by atoms with E-state index in [0.717, 1.165) is 0 Å². The Bertz CT molecular complexity index is 317. The zero-order chi connectivity index (χ0) is 9.84. The molecule has 0 heterocycles. The zero-order valence-corrected chi connectivity index (χ0v) is 8.48. The SMILES string of the molecule is CC(N)C(=O)Nc1ccccc1F.Cl. The van der Waals surface area contributed by atoms with E-state index in [2.05, 4.69) is 5.32 Å². The number of carbonyl (C=O) groups is 1. The van der Waals surface area contributed by atoms with Crippen LogP contribution in [0.1, 0.15) is 6.92 Å². The quantitative estimate of drug-likeness (QED) is 0.791. The molecule has 0 spiro atoms. The first-order valence-electron chi connectivity index (χ1n) is 3.92. The van der Waals surface area contributed by atoms with E-state index in [0.29, 0.717) is 0 Å². The van der Waals surface area contributed by atoms with Crippen molar-refractivity contribution in [3.8, 4) is 0 Å². The lowest BCUT2D eigenvalue weighted by Gasteiger charge is -2.07. The Labute approximate surface area is 87.9 Å². The molecular formula is C9H12ClFN2O. The van der Waals surface area contributed by atoms with E-state index < -0.39 is 17.8 Å². The highest BCUT2D eigenvalue weighted by molar-refractivity contribution is 5.94. The average molecular weight is 219 g/mol. The maximum Gasteiger partial charge on any atom is 0.241 e. The van der Waals surface area contributed by atoms with Crippen LogP contribution in [0.3, 0.4) is 0 Å². The highest BCUT2D eigenvalue weighted by Gasteiger charge is 2.09. The van der Waals surface area contributed by atoms with Crippen molar-refractivity contribution in [2.75, 3.05) is 5.32 Å². The van der Waals surface area contributed by atoms with Crippen LogP contribution < -0.4 is 11.1 Å². The van der Waals surface area contributed by atoms with Gasteiger partial charge in [0.2, 0.25) is 5.91 Å². The van der Waals surface area contributed by atoms with Crippen molar-refractivity contribution in [1.29, 1.82) is 0 Å². The molecule has 0 radical (unpaired) electrons. The van der Waals surface area contributed by atoms with E-state index in [1.807, 2.05) is 0 Å². The van der Waals surface area contributed by atoms with E-state index >= 15 is 0 Å². The van der Waals surface area contributed by atoms with Crippen molar-refractivity contribution < 1.29 is 9.18 Å². The van der Waals surface area contributed by atoms with Crippen molar-refractivity contribution in [3.05, 3.63) is 30.1 Å². The van der Waals surface area contributed by atoms with E-state index in [-0.39, 0.29) is 18.1 Å². The molecule has 14 heavy (non-hydrogen) atoms. The Morgan fingerprint density at radius 2 is 2.07 bits per heavy atom. The summed E-state index contributed by atoms with van der Waals surface area (Å²) in [7, 11) is 0. The van der Waals surface area contributed by atoms with E-state index in [9.17, 15) is 9.18 Å². The van der Waals surface area contributed by atoms with Gasteiger partial charge in [0.05, 0.1) is 11.7 Å². The molecule has 0 aliphatic rings. The molecule has 1 rings (SSSR count). The molecule has 1 unspecified atom stereocenters. The Morgan fingerprint density at radius 1 is 1.50 bits per heavy atom. The largest absolute Gasteiger partial charge is 0.322 e. The second kappa shape index (κ2) is 5.57. The molecule has 0 aliphatic carbocycles. The molecule has 0 fully saturated rings. The molecule has 1 aromatic rings. The predicted octanol–water partition coefficient (Wildman–Crippen LogP) is 1.53. The van der Waals surface area contributed by atoms with Crippen LogP contribution in [0.25, 0.3) is 0 Å². The molecule has 1 atom stereocenters. The van der Waals surface area contributed by atoms with Crippen LogP contribution >= 0.6 is 12.4 Å². The number of nitrogens with two attached hydrogens (primary N) is 1. The lowest BCUT2D eigenvalue weighted by molar-refractivity contribution is -0.117. The first-order valence-corrected chi connectivity index (χ1v) is 3.92. The van der Waals surface area contributed by atoms with Gasteiger partial charge in [0.15, 0.2) is 0 Å². The Hall–Kier alpha value is -1.13. The van der Waals surface area contributed by atoms with Crippen molar-refractivity contribution >= 4 is 24.0 Å². The van der Waals surface area contributed by atoms with Gasteiger partial charge in [0, 0.05) is 0 Å². The number of amides is 1. The Kier molecular flexibility index (Phi) is 5.12. The molecule has 0 aromatic heterocycles. The number of nitrogens with one attached hydrogen (secondary N) is 1. The van der Waals surface area contributed by atoms with E-state index in [1.54, 1.807) is 12.1 Å². The third kappa shape index (κ3) is 3.32. The Balaban J connectivity index is 0.00000169. The van der Waals surface area contributed by atoms with Crippen LogP contribution in [-0.4, -0.2) is 11.9 Å². The molecule has 3 nitrogen and oxygen atoms in total. The lowest BCUT2D eigenvalue weighted by Crippen LogP contribution is -2.32. The number of carbonyl (C=O) groups excluding carboxylic acids is 1. The second-order valence-corrected chi connectivity index (χ2v) is 2.76. The Morgan fingerprint density at radius 3 is 2.57 bits per heavy atom. The summed E-state index contributed by atoms with van der Waals surface area (Å²) in [5.74, 6) is -0.860. The molecule has 0 bridgehead atoms. The van der Waals surface area contributed by atoms with Gasteiger partial charge in [0.1, 0.15) is 5.82 Å². The minimum Gasteiger partial charge on any atom is -0.322 e. The molecule has 78 valence electrons. The molecule has 1 aromatic carbocycles. The fraction of sp³-hybridized carbons (Fsp3) is 0.222. The summed E-state index contributed by atoms with van der Waals surface area (Å²) in [4.78, 5) is 11.1. The van der Waals surface area contributed by atoms with Crippen LogP contribution in [-0.2, 0) is 4.79 Å². The number of benzene rings is 1. The number of halogens is 2. The monoisotopic (exact) mass is 218 g/mol. The summed E-state index contributed by atoms with van der Waals surface area (Å²) in [6.45, 7) is 1.54. The molecular weight excluding hydrogens is 207 g/mol. The van der Waals surface area contributed by atoms with Gasteiger partial charge in [-0.2, -0.15) is 0 Å². The molecule has 5 heteroatoms. The smallest absolute Gasteiger partial charge is 0.241 e. The van der Waals surface area contributed by atoms with Gasteiger partial charge in [-0.3, -0.25) is 4.79 Å². The van der Waals surface area contributed by atoms with Crippen LogP contribution in [0.2, 0.25) is 0 Å². The summed E-state index contributed by atoms with van der Waals surface area (Å²) in [5, 5.41) is 2.37. The van der Waals surface area contributed by atoms with Crippen molar-refractivity contribution in [2.24, 2.45) is 5.73 Å². The van der Waals surface area contributed by atoms with Crippen LogP contribution in [0.5, 0.6) is 0 Å². The maximum absolute atomic E-state index is 13.0. The first kappa shape index (κ1) is 12.9. The number of hydrogen-bond acceptors (Lipinski definition) is 2. The highest BCUT2D eigenvalue weighted by atomic mass is 35.5. The molecule has 0 saturated carbocycles. The van der Waals surface area contributed by atoms with Gasteiger partial charge in [-0.15, -0.1) is 12.4 Å². The minimum absolute atomic E-state index is 0.